The fraction of sp³-hybridized carbons (Fsp3) is 0.360. The van der Waals surface area contributed by atoms with Crippen molar-refractivity contribution in [1.82, 2.24) is 9.58 Å². The summed E-state index contributed by atoms with van der Waals surface area (Å²) >= 11 is 1.93. The van der Waals surface area contributed by atoms with E-state index in [4.69, 9.17) is 0 Å². The number of carbonyl (C=O) groups excluding carboxylic acids is 1. The fourth-order valence-corrected chi connectivity index (χ4v) is 6.76. The molecule has 32 heavy (non-hydrogen) atoms. The summed E-state index contributed by atoms with van der Waals surface area (Å²) in [4.78, 5) is 27.4. The number of rotatable bonds is 2. The number of nitrogens with zero attached hydrogens (tertiary/aromatic N) is 3. The first-order valence-corrected chi connectivity index (χ1v) is 12.1. The maximum absolute atomic E-state index is 13.3. The first-order chi connectivity index (χ1) is 15.5. The number of carbonyl (C=O) groups is 1. The average molecular weight is 448 g/mol. The third-order valence-corrected chi connectivity index (χ3v) is 8.70. The molecule has 1 aromatic carbocycles. The van der Waals surface area contributed by atoms with Gasteiger partial charge < -0.3 is 10.0 Å². The summed E-state index contributed by atoms with van der Waals surface area (Å²) < 4.78 is 1.73. The molecule has 1 aromatic heterocycles. The second kappa shape index (κ2) is 7.04. The van der Waals surface area contributed by atoms with Crippen molar-refractivity contribution < 1.29 is 9.90 Å². The van der Waals surface area contributed by atoms with Crippen LogP contribution >= 0.6 is 11.8 Å². The van der Waals surface area contributed by atoms with Crippen molar-refractivity contribution in [3.8, 4) is 5.75 Å². The van der Waals surface area contributed by atoms with Gasteiger partial charge in [-0.1, -0.05) is 55.5 Å². The number of aromatic nitrogens is 1. The highest BCUT2D eigenvalue weighted by atomic mass is 32.2. The van der Waals surface area contributed by atoms with Gasteiger partial charge in [-0.3, -0.25) is 19.3 Å². The third kappa shape index (κ3) is 2.80. The van der Waals surface area contributed by atoms with Crippen molar-refractivity contribution in [1.29, 1.82) is 0 Å². The topological polar surface area (TPSA) is 65.8 Å². The van der Waals surface area contributed by atoms with Gasteiger partial charge in [-0.25, -0.2) is 0 Å². The highest BCUT2D eigenvalue weighted by Crippen LogP contribution is 2.53. The van der Waals surface area contributed by atoms with E-state index in [-0.39, 0.29) is 34.3 Å². The molecule has 2 aromatic rings. The number of allylic oxidation sites excluding steroid dienone is 2. The van der Waals surface area contributed by atoms with Gasteiger partial charge in [0.15, 0.2) is 11.4 Å². The number of hydrogen-bond donors (Lipinski definition) is 1. The number of hydrogen-bond acceptors (Lipinski definition) is 5. The molecule has 3 unspecified atom stereocenters. The molecule has 164 valence electrons. The zero-order valence-electron chi connectivity index (χ0n) is 17.8. The lowest BCUT2D eigenvalue weighted by atomic mass is 9.72. The van der Waals surface area contributed by atoms with E-state index in [0.29, 0.717) is 6.67 Å². The van der Waals surface area contributed by atoms with Crippen molar-refractivity contribution in [2.75, 3.05) is 11.7 Å². The molecule has 2 aliphatic carbocycles. The van der Waals surface area contributed by atoms with Crippen LogP contribution in [0.15, 0.2) is 65.6 Å². The summed E-state index contributed by atoms with van der Waals surface area (Å²) in [6.45, 7) is 2.69. The van der Waals surface area contributed by atoms with Gasteiger partial charge in [-0.15, -0.1) is 11.8 Å². The van der Waals surface area contributed by atoms with E-state index < -0.39 is 11.2 Å². The second-order valence-corrected chi connectivity index (χ2v) is 10.4. The minimum Gasteiger partial charge on any atom is -0.502 e. The average Bonchev–Trinajstić information content (AvgIpc) is 3.63. The van der Waals surface area contributed by atoms with Crippen LogP contribution in [0.2, 0.25) is 0 Å². The predicted molar refractivity (Wildman–Crippen MR) is 125 cm³/mol. The van der Waals surface area contributed by atoms with Crippen LogP contribution < -0.4 is 10.4 Å². The lowest BCUT2D eigenvalue weighted by Crippen LogP contribution is -2.59. The maximum atomic E-state index is 13.3. The molecule has 6 rings (SSSR count). The summed E-state index contributed by atoms with van der Waals surface area (Å²) in [6, 6.07) is 9.93. The van der Waals surface area contributed by atoms with Crippen LogP contribution in [0.5, 0.6) is 5.75 Å². The van der Waals surface area contributed by atoms with E-state index in [1.165, 1.54) is 17.2 Å². The second-order valence-electron chi connectivity index (χ2n) is 9.25. The lowest BCUT2D eigenvalue weighted by molar-refractivity contribution is 0.0640. The molecule has 0 spiro atoms. The van der Waals surface area contributed by atoms with Crippen LogP contribution in [-0.4, -0.2) is 38.6 Å². The molecule has 4 aliphatic rings. The molecule has 1 fully saturated rings. The molecule has 3 heterocycles. The van der Waals surface area contributed by atoms with Crippen molar-refractivity contribution in [2.45, 2.75) is 42.9 Å². The standard InChI is InChI=1S/C25H25N3O3S/c1-25-12-5-4-8-20(25)32-14-16-6-2-3-7-18(16)23(25)28-15-26(17-9-10-17)24(31)21-22(30)19(29)11-13-27(21)28/h2-8,11-13,17,20,23,30H,9-10,14-15H2,1H3. The van der Waals surface area contributed by atoms with Gasteiger partial charge in [-0.2, -0.15) is 0 Å². The largest absolute Gasteiger partial charge is 0.502 e. The minimum atomic E-state index is -0.524. The fourth-order valence-electron chi connectivity index (χ4n) is 5.37. The highest BCUT2D eigenvalue weighted by molar-refractivity contribution is 7.99. The van der Waals surface area contributed by atoms with Gasteiger partial charge in [0, 0.05) is 34.7 Å². The number of fused-ring (bicyclic) bond motifs is 3. The van der Waals surface area contributed by atoms with E-state index in [1.54, 1.807) is 10.9 Å². The predicted octanol–water partition coefficient (Wildman–Crippen LogP) is 3.56. The van der Waals surface area contributed by atoms with Gasteiger partial charge in [0.1, 0.15) is 6.67 Å². The van der Waals surface area contributed by atoms with Crippen LogP contribution in [0.3, 0.4) is 0 Å². The van der Waals surface area contributed by atoms with Gasteiger partial charge in [0.2, 0.25) is 5.43 Å². The summed E-state index contributed by atoms with van der Waals surface area (Å²) in [5, 5.41) is 13.1. The van der Waals surface area contributed by atoms with Gasteiger partial charge >= 0.3 is 0 Å². The lowest BCUT2D eigenvalue weighted by Gasteiger charge is -2.50. The Kier molecular flexibility index (Phi) is 4.34. The molecular weight excluding hydrogens is 422 g/mol. The minimum absolute atomic E-state index is 0.0699. The molecular formula is C25H25N3O3S. The molecule has 1 saturated carbocycles. The Bertz CT molecular complexity index is 1230. The summed E-state index contributed by atoms with van der Waals surface area (Å²) in [5.41, 5.74) is 1.79. The number of aromatic hydroxyl groups is 1. The third-order valence-electron chi connectivity index (χ3n) is 7.20. The Balaban J connectivity index is 1.60. The molecule has 1 amide bonds. The smallest absolute Gasteiger partial charge is 0.278 e. The van der Waals surface area contributed by atoms with Gasteiger partial charge in [-0.05, 0) is 24.0 Å². The highest BCUT2D eigenvalue weighted by Gasteiger charge is 2.50. The molecule has 2 aliphatic heterocycles. The van der Waals surface area contributed by atoms with Gasteiger partial charge in [0.25, 0.3) is 5.91 Å². The van der Waals surface area contributed by atoms with Crippen LogP contribution in [0.1, 0.15) is 47.4 Å². The number of amides is 1. The molecule has 3 atom stereocenters. The molecule has 0 saturated heterocycles. The quantitative estimate of drug-likeness (QED) is 0.763. The Morgan fingerprint density at radius 2 is 1.94 bits per heavy atom. The van der Waals surface area contributed by atoms with Crippen LogP contribution in [0.25, 0.3) is 0 Å². The van der Waals surface area contributed by atoms with E-state index >= 15 is 0 Å². The number of pyridine rings is 1. The van der Waals surface area contributed by atoms with Crippen LogP contribution in [0.4, 0.5) is 0 Å². The maximum Gasteiger partial charge on any atom is 0.278 e. The van der Waals surface area contributed by atoms with Crippen LogP contribution in [-0.2, 0) is 5.75 Å². The van der Waals surface area contributed by atoms with E-state index in [2.05, 4.69) is 60.5 Å². The Morgan fingerprint density at radius 3 is 2.75 bits per heavy atom. The Morgan fingerprint density at radius 1 is 1.12 bits per heavy atom. The SMILES string of the molecule is CC12C=CC=CC1SCc1ccccc1C2N1CN(C2CC2)C(=O)c2c(O)c(=O)ccn21. The summed E-state index contributed by atoms with van der Waals surface area (Å²) in [6.07, 6.45) is 12.3. The zero-order chi connectivity index (χ0) is 22.0. The number of thioether (sulfide) groups is 1. The number of benzene rings is 1. The molecule has 0 bridgehead atoms. The van der Waals surface area contributed by atoms with Crippen LogP contribution in [0, 0.1) is 5.41 Å². The van der Waals surface area contributed by atoms with Crippen molar-refractivity contribution in [2.24, 2.45) is 5.41 Å². The first kappa shape index (κ1) is 19.7. The molecule has 0 radical (unpaired) electrons. The summed E-state index contributed by atoms with van der Waals surface area (Å²) in [5.74, 6) is 0.174. The van der Waals surface area contributed by atoms with Gasteiger partial charge in [0.05, 0.1) is 6.04 Å². The Labute approximate surface area is 190 Å². The Hall–Kier alpha value is -2.93. The van der Waals surface area contributed by atoms with Crippen molar-refractivity contribution in [3.05, 3.63) is 87.9 Å². The van der Waals surface area contributed by atoms with Crippen molar-refractivity contribution >= 4 is 17.7 Å². The van der Waals surface area contributed by atoms with E-state index in [9.17, 15) is 14.7 Å². The molecule has 6 nitrogen and oxygen atoms in total. The van der Waals surface area contributed by atoms with E-state index in [0.717, 1.165) is 18.6 Å². The summed E-state index contributed by atoms with van der Waals surface area (Å²) in [7, 11) is 0. The van der Waals surface area contributed by atoms with Crippen molar-refractivity contribution in [3.63, 3.8) is 0 Å². The monoisotopic (exact) mass is 447 g/mol. The normalized spacial score (nSPS) is 28.7. The zero-order valence-corrected chi connectivity index (χ0v) is 18.7. The molecule has 7 heteroatoms. The molecule has 1 N–H and O–H groups in total. The van der Waals surface area contributed by atoms with E-state index in [1.807, 2.05) is 16.7 Å². The first-order valence-electron chi connectivity index (χ1n) is 11.1.